The van der Waals surface area contributed by atoms with Crippen molar-refractivity contribution in [2.45, 2.75) is 6.92 Å². The number of para-hydroxylation sites is 4. The lowest BCUT2D eigenvalue weighted by atomic mass is 9.98. The maximum Gasteiger partial charge on any atom is 0.0712 e. The van der Waals surface area contributed by atoms with Gasteiger partial charge in [0.05, 0.1) is 33.5 Å². The van der Waals surface area contributed by atoms with E-state index in [1.807, 2.05) is 36.4 Å². The van der Waals surface area contributed by atoms with Crippen molar-refractivity contribution in [3.8, 4) is 22.5 Å². The van der Waals surface area contributed by atoms with Crippen LogP contribution in [0, 0.1) is 0 Å². The number of aromatic nitrogens is 2. The van der Waals surface area contributed by atoms with Crippen LogP contribution in [0.25, 0.3) is 77.4 Å². The maximum atomic E-state index is 5.04. The van der Waals surface area contributed by atoms with E-state index in [1.54, 1.807) is 0 Å². The smallest absolute Gasteiger partial charge is 0.0712 e. The van der Waals surface area contributed by atoms with E-state index < -0.39 is 0 Å². The van der Waals surface area contributed by atoms with Crippen molar-refractivity contribution in [1.29, 1.82) is 0 Å². The van der Waals surface area contributed by atoms with E-state index in [2.05, 4.69) is 193 Å². The summed E-state index contributed by atoms with van der Waals surface area (Å²) in [5.41, 5.74) is 15.2. The number of aliphatic imine (C=N–C) groups is 1. The molecule has 0 atom stereocenters. The number of fused-ring (bicyclic) bond motifs is 6. The van der Waals surface area contributed by atoms with Crippen molar-refractivity contribution in [2.75, 3.05) is 0 Å². The first kappa shape index (κ1) is 34.0. The van der Waals surface area contributed by atoms with Crippen LogP contribution in [-0.2, 0) is 0 Å². The van der Waals surface area contributed by atoms with Gasteiger partial charge in [0.25, 0.3) is 0 Å². The molecule has 0 amide bonds. The van der Waals surface area contributed by atoms with Crippen molar-refractivity contribution in [1.82, 2.24) is 9.13 Å². The summed E-state index contributed by atoms with van der Waals surface area (Å²) in [7, 11) is 0. The second-order valence-electron chi connectivity index (χ2n) is 14.6. The van der Waals surface area contributed by atoms with Crippen LogP contribution in [-0.4, -0.2) is 14.8 Å². The zero-order chi connectivity index (χ0) is 38.3. The van der Waals surface area contributed by atoms with Gasteiger partial charge in [0.15, 0.2) is 0 Å². The predicted octanol–water partition coefficient (Wildman–Crippen LogP) is 14.1. The molecule has 2 heterocycles. The molecule has 0 saturated carbocycles. The summed E-state index contributed by atoms with van der Waals surface area (Å²) >= 11 is 0. The third-order valence-electron chi connectivity index (χ3n) is 11.0. The first-order valence-electron chi connectivity index (χ1n) is 19.4. The molecular formula is C54H39N3. The molecule has 10 rings (SSSR count). The van der Waals surface area contributed by atoms with Crippen molar-refractivity contribution in [3.05, 3.63) is 230 Å². The van der Waals surface area contributed by atoms with Crippen LogP contribution in [0.4, 0.5) is 0 Å². The highest BCUT2D eigenvalue weighted by Gasteiger charge is 2.17. The largest absolute Gasteiger partial charge is 0.309 e. The van der Waals surface area contributed by atoms with Crippen molar-refractivity contribution in [2.24, 2.45) is 4.99 Å². The molecule has 0 saturated heterocycles. The van der Waals surface area contributed by atoms with Crippen molar-refractivity contribution >= 4 is 60.6 Å². The van der Waals surface area contributed by atoms with Gasteiger partial charge in [-0.3, -0.25) is 0 Å². The summed E-state index contributed by atoms with van der Waals surface area (Å²) in [5.74, 6) is 0. The molecular weight excluding hydrogens is 691 g/mol. The standard InChI is InChI=1S/C54H39N3/c1-37(33-50(42-19-7-4-8-20-42)55-38(2)40-17-5-3-6-18-40)39-29-31-41(32-30-39)43-34-44(56-51-25-13-9-21-46(51)47-22-10-14-26-52(47)56)36-45(35-43)57-53-27-15-11-23-48(53)49-24-12-16-28-54(49)57/h3-36H,2H2,1H3/b37-33+,55-50?. The molecule has 2 aromatic heterocycles. The van der Waals surface area contributed by atoms with E-state index in [1.165, 1.54) is 43.6 Å². The van der Waals surface area contributed by atoms with E-state index >= 15 is 0 Å². The molecule has 3 heteroatoms. The minimum atomic E-state index is 0.732. The van der Waals surface area contributed by atoms with Gasteiger partial charge in [0, 0.05) is 38.5 Å². The average molecular weight is 730 g/mol. The van der Waals surface area contributed by atoms with Gasteiger partial charge < -0.3 is 9.13 Å². The third-order valence-corrected chi connectivity index (χ3v) is 11.0. The van der Waals surface area contributed by atoms with Crippen molar-refractivity contribution < 1.29 is 0 Å². The Kier molecular flexibility index (Phi) is 8.54. The molecule has 0 unspecified atom stereocenters. The number of allylic oxidation sites excluding steroid dienone is 2. The van der Waals surface area contributed by atoms with Crippen LogP contribution < -0.4 is 0 Å². The lowest BCUT2D eigenvalue weighted by molar-refractivity contribution is 1.13. The second kappa shape index (κ2) is 14.3. The number of rotatable bonds is 8. The topological polar surface area (TPSA) is 22.2 Å². The first-order chi connectivity index (χ1) is 28.1. The summed E-state index contributed by atoms with van der Waals surface area (Å²) in [4.78, 5) is 5.04. The Balaban J connectivity index is 1.12. The highest BCUT2D eigenvalue weighted by Crippen LogP contribution is 2.38. The Morgan fingerprint density at radius 3 is 1.28 bits per heavy atom. The Morgan fingerprint density at radius 2 is 0.825 bits per heavy atom. The molecule has 0 N–H and O–H groups in total. The van der Waals surface area contributed by atoms with E-state index in [9.17, 15) is 0 Å². The molecule has 0 aliphatic heterocycles. The third kappa shape index (κ3) is 6.16. The summed E-state index contributed by atoms with van der Waals surface area (Å²) in [6.45, 7) is 6.47. The molecule has 8 aromatic carbocycles. The lowest BCUT2D eigenvalue weighted by Gasteiger charge is -2.16. The van der Waals surface area contributed by atoms with Gasteiger partial charge in [-0.15, -0.1) is 0 Å². The Hall–Kier alpha value is -7.49. The Bertz CT molecular complexity index is 2940. The minimum absolute atomic E-state index is 0.732. The lowest BCUT2D eigenvalue weighted by Crippen LogP contribution is -2.00. The SMILES string of the molecule is C=C(N=C(/C=C(\C)c1ccc(-c2cc(-n3c4ccccc4c4ccccc43)cc(-n3c4ccccc4c4ccccc43)c2)cc1)c1ccccc1)c1ccccc1. The molecule has 57 heavy (non-hydrogen) atoms. The average Bonchev–Trinajstić information content (AvgIpc) is 3.80. The first-order valence-corrected chi connectivity index (χ1v) is 19.4. The van der Waals surface area contributed by atoms with Crippen LogP contribution in [0.2, 0.25) is 0 Å². The van der Waals surface area contributed by atoms with Crippen LogP contribution in [0.3, 0.4) is 0 Å². The van der Waals surface area contributed by atoms with Gasteiger partial charge in [0.2, 0.25) is 0 Å². The predicted molar refractivity (Wildman–Crippen MR) is 243 cm³/mol. The monoisotopic (exact) mass is 729 g/mol. The highest BCUT2D eigenvalue weighted by molar-refractivity contribution is 6.14. The Morgan fingerprint density at radius 1 is 0.421 bits per heavy atom. The zero-order valence-corrected chi connectivity index (χ0v) is 31.7. The molecule has 10 aromatic rings. The second-order valence-corrected chi connectivity index (χ2v) is 14.6. The fraction of sp³-hybridized carbons (Fsp3) is 0.0185. The molecule has 0 aliphatic carbocycles. The van der Waals surface area contributed by atoms with Crippen LogP contribution in [0.5, 0.6) is 0 Å². The summed E-state index contributed by atoms with van der Waals surface area (Å²) in [6, 6.07) is 71.3. The molecule has 3 nitrogen and oxygen atoms in total. The normalized spacial score (nSPS) is 12.2. The highest BCUT2D eigenvalue weighted by atomic mass is 15.0. The zero-order valence-electron chi connectivity index (χ0n) is 31.7. The number of nitrogens with zero attached hydrogens (tertiary/aromatic N) is 3. The van der Waals surface area contributed by atoms with Crippen LogP contribution in [0.1, 0.15) is 23.6 Å². The molecule has 0 bridgehead atoms. The van der Waals surface area contributed by atoms with E-state index in [4.69, 9.17) is 4.99 Å². The number of benzene rings is 8. The summed E-state index contributed by atoms with van der Waals surface area (Å²) in [5, 5.41) is 4.98. The molecule has 0 aliphatic rings. The van der Waals surface area contributed by atoms with Gasteiger partial charge in [-0.05, 0) is 83.3 Å². The van der Waals surface area contributed by atoms with Crippen molar-refractivity contribution in [3.63, 3.8) is 0 Å². The fourth-order valence-electron chi connectivity index (χ4n) is 8.26. The van der Waals surface area contributed by atoms with Gasteiger partial charge >= 0.3 is 0 Å². The molecule has 0 spiro atoms. The van der Waals surface area contributed by atoms with E-state index in [0.717, 1.165) is 56.2 Å². The fourth-order valence-corrected chi connectivity index (χ4v) is 8.26. The van der Waals surface area contributed by atoms with Gasteiger partial charge in [-0.25, -0.2) is 4.99 Å². The molecule has 0 fully saturated rings. The molecule has 270 valence electrons. The number of hydrogen-bond donors (Lipinski definition) is 0. The van der Waals surface area contributed by atoms with Gasteiger partial charge in [-0.2, -0.15) is 0 Å². The summed E-state index contributed by atoms with van der Waals surface area (Å²) in [6.07, 6.45) is 2.17. The molecule has 0 radical (unpaired) electrons. The van der Waals surface area contributed by atoms with E-state index in [0.29, 0.717) is 0 Å². The summed E-state index contributed by atoms with van der Waals surface area (Å²) < 4.78 is 4.83. The number of hydrogen-bond acceptors (Lipinski definition) is 1. The van der Waals surface area contributed by atoms with Gasteiger partial charge in [-0.1, -0.05) is 164 Å². The quantitative estimate of drug-likeness (QED) is 0.139. The Labute approximate surface area is 332 Å². The maximum absolute atomic E-state index is 5.04. The van der Waals surface area contributed by atoms with Crippen LogP contribution in [0.15, 0.2) is 218 Å². The van der Waals surface area contributed by atoms with Gasteiger partial charge in [0.1, 0.15) is 0 Å². The minimum Gasteiger partial charge on any atom is -0.309 e. The van der Waals surface area contributed by atoms with E-state index in [-0.39, 0.29) is 0 Å². The van der Waals surface area contributed by atoms with Crippen LogP contribution >= 0.6 is 0 Å².